The average molecular weight is 321 g/mol. The van der Waals surface area contributed by atoms with Crippen molar-refractivity contribution in [1.82, 2.24) is 0 Å². The van der Waals surface area contributed by atoms with Gasteiger partial charge >= 0.3 is 0 Å². The molecule has 18 heavy (non-hydrogen) atoms. The molecule has 0 saturated carbocycles. The van der Waals surface area contributed by atoms with Crippen LogP contribution in [-0.4, -0.2) is 38.1 Å². The summed E-state index contributed by atoms with van der Waals surface area (Å²) in [6, 6.07) is 0. The van der Waals surface area contributed by atoms with Crippen LogP contribution in [0.1, 0.15) is 13.8 Å². The van der Waals surface area contributed by atoms with Crippen molar-refractivity contribution >= 4 is 33.3 Å². The van der Waals surface area contributed by atoms with Crippen molar-refractivity contribution in [3.63, 3.8) is 0 Å². The minimum Gasteiger partial charge on any atom is -0.435 e. The van der Waals surface area contributed by atoms with E-state index in [1.54, 1.807) is 0 Å². The first-order valence-corrected chi connectivity index (χ1v) is 19.5. The molecule has 1 nitrogen and oxygen atoms in total. The maximum absolute atomic E-state index is 11.3. The predicted octanol–water partition coefficient (Wildman–Crippen LogP) is 4.49. The van der Waals surface area contributed by atoms with Crippen molar-refractivity contribution in [2.45, 2.75) is 82.2 Å². The fraction of sp³-hybridized carbons (Fsp3) is 1.00. The fourth-order valence-corrected chi connectivity index (χ4v) is 46.9. The van der Waals surface area contributed by atoms with Crippen molar-refractivity contribution in [3.05, 3.63) is 0 Å². The monoisotopic (exact) mass is 320 g/mol. The lowest BCUT2D eigenvalue weighted by atomic mass is 10.6. The summed E-state index contributed by atoms with van der Waals surface area (Å²) in [7, 11) is -5.91. The van der Waals surface area contributed by atoms with Crippen LogP contribution in [0.2, 0.25) is 68.4 Å². The molecule has 0 aliphatic rings. The van der Waals surface area contributed by atoms with Gasteiger partial charge in [-0.25, -0.2) is 0 Å². The Balaban J connectivity index is 6.27. The lowest BCUT2D eigenvalue weighted by Gasteiger charge is -2.61. The summed E-state index contributed by atoms with van der Waals surface area (Å²) in [5.74, 6) is 0. The van der Waals surface area contributed by atoms with Crippen molar-refractivity contribution in [2.75, 3.05) is 0 Å². The Labute approximate surface area is 120 Å². The van der Waals surface area contributed by atoms with Gasteiger partial charge in [0.25, 0.3) is 0 Å². The summed E-state index contributed by atoms with van der Waals surface area (Å²) in [4.78, 5) is 11.3. The molecule has 0 aromatic carbocycles. The van der Waals surface area contributed by atoms with Gasteiger partial charge in [-0.05, 0) is 9.45 Å². The Morgan fingerprint density at radius 2 is 0.944 bits per heavy atom. The molecule has 0 aliphatic heterocycles. The number of hydrogen-bond acceptors (Lipinski definition) is 1. The van der Waals surface area contributed by atoms with Crippen molar-refractivity contribution in [2.24, 2.45) is 0 Å². The molecule has 110 valence electrons. The molecular weight excluding hydrogens is 284 g/mol. The molecule has 0 bridgehead atoms. The van der Waals surface area contributed by atoms with E-state index in [1.165, 1.54) is 0 Å². The molecule has 0 amide bonds. The van der Waals surface area contributed by atoms with E-state index in [0.717, 1.165) is 0 Å². The quantitative estimate of drug-likeness (QED) is 0.740. The van der Waals surface area contributed by atoms with Crippen LogP contribution < -0.4 is 0 Å². The van der Waals surface area contributed by atoms with Gasteiger partial charge in [0.15, 0.2) is 9.04 Å². The van der Waals surface area contributed by atoms with E-state index in [4.69, 9.17) is 0 Å². The average Bonchev–Trinajstić information content (AvgIpc) is 1.94. The first kappa shape index (κ1) is 18.8. The molecule has 1 atom stereocenters. The SMILES string of the molecule is CC(C)[SiH](O)C([Si](C)(C)C)([Si](C)(C)C)[Si](C)(C)C. The Kier molecular flexibility index (Phi) is 5.56. The van der Waals surface area contributed by atoms with Gasteiger partial charge in [-0.1, -0.05) is 72.8 Å². The summed E-state index contributed by atoms with van der Waals surface area (Å²) in [6.07, 6.45) is 0. The highest BCUT2D eigenvalue weighted by atomic mass is 28.5. The summed E-state index contributed by atoms with van der Waals surface area (Å²) in [6.45, 7) is 27.2. The van der Waals surface area contributed by atoms with Gasteiger partial charge in [-0.3, -0.25) is 0 Å². The van der Waals surface area contributed by atoms with Crippen LogP contribution >= 0.6 is 0 Å². The first-order valence-electron chi connectivity index (χ1n) is 7.28. The Hall–Kier alpha value is 0.828. The van der Waals surface area contributed by atoms with E-state index in [1.807, 2.05) is 0 Å². The van der Waals surface area contributed by atoms with Gasteiger partial charge in [-0.2, -0.15) is 0 Å². The molecule has 1 unspecified atom stereocenters. The highest BCUT2D eigenvalue weighted by Crippen LogP contribution is 2.56. The van der Waals surface area contributed by atoms with E-state index in [2.05, 4.69) is 72.8 Å². The van der Waals surface area contributed by atoms with Crippen LogP contribution in [0.3, 0.4) is 0 Å². The second-order valence-corrected chi connectivity index (χ2v) is 31.4. The molecule has 0 radical (unpaired) electrons. The summed E-state index contributed by atoms with van der Waals surface area (Å²) in [5, 5.41) is 0. The van der Waals surface area contributed by atoms with Crippen molar-refractivity contribution in [1.29, 1.82) is 0 Å². The number of rotatable bonds is 5. The van der Waals surface area contributed by atoms with Crippen LogP contribution in [0, 0.1) is 0 Å². The minimum absolute atomic E-state index is 0.404. The largest absolute Gasteiger partial charge is 0.435 e. The molecule has 0 fully saturated rings. The van der Waals surface area contributed by atoms with Crippen LogP contribution in [-0.2, 0) is 0 Å². The number of hydrogen-bond donors (Lipinski definition) is 1. The summed E-state index contributed by atoms with van der Waals surface area (Å²) < 4.78 is 0.404. The Morgan fingerprint density at radius 1 is 0.722 bits per heavy atom. The molecule has 0 aromatic rings. The molecule has 0 heterocycles. The molecule has 5 heteroatoms. The van der Waals surface area contributed by atoms with Crippen LogP contribution in [0.4, 0.5) is 0 Å². The normalized spacial score (nSPS) is 17.2. The zero-order valence-electron chi connectivity index (χ0n) is 14.6. The predicted molar refractivity (Wildman–Crippen MR) is 97.2 cm³/mol. The third-order valence-corrected chi connectivity index (χ3v) is 37.8. The lowest BCUT2D eigenvalue weighted by Crippen LogP contribution is -2.72. The summed E-state index contributed by atoms with van der Waals surface area (Å²) in [5.41, 5.74) is 0.509. The molecule has 1 N–H and O–H groups in total. The van der Waals surface area contributed by atoms with Crippen LogP contribution in [0.15, 0.2) is 0 Å². The Morgan fingerprint density at radius 3 is 1.00 bits per heavy atom. The van der Waals surface area contributed by atoms with Crippen LogP contribution in [0.5, 0.6) is 0 Å². The molecular formula is C13H36OSi4. The molecule has 0 aromatic heterocycles. The highest BCUT2D eigenvalue weighted by molar-refractivity contribution is 7.25. The third kappa shape index (κ3) is 2.95. The van der Waals surface area contributed by atoms with Gasteiger partial charge < -0.3 is 4.80 Å². The second kappa shape index (κ2) is 5.31. The fourth-order valence-electron chi connectivity index (χ4n) is 5.21. The Bertz CT molecular complexity index is 245. The van der Waals surface area contributed by atoms with Crippen molar-refractivity contribution < 1.29 is 4.80 Å². The van der Waals surface area contributed by atoms with Gasteiger partial charge in [-0.15, -0.1) is 0 Å². The second-order valence-electron chi connectivity index (χ2n) is 9.25. The molecule has 0 rings (SSSR count). The molecule has 0 saturated heterocycles. The minimum atomic E-state index is -1.72. The van der Waals surface area contributed by atoms with E-state index in [-0.39, 0.29) is 0 Å². The van der Waals surface area contributed by atoms with E-state index >= 15 is 0 Å². The zero-order chi connectivity index (χ0) is 15.2. The van der Waals surface area contributed by atoms with Gasteiger partial charge in [0.1, 0.15) is 0 Å². The van der Waals surface area contributed by atoms with Gasteiger partial charge in [0.05, 0.1) is 0 Å². The van der Waals surface area contributed by atoms with Gasteiger partial charge in [0.2, 0.25) is 0 Å². The third-order valence-electron chi connectivity index (χ3n) is 4.62. The zero-order valence-corrected chi connectivity index (χ0v) is 18.8. The summed E-state index contributed by atoms with van der Waals surface area (Å²) >= 11 is 0. The van der Waals surface area contributed by atoms with Crippen LogP contribution in [0.25, 0.3) is 0 Å². The lowest BCUT2D eigenvalue weighted by molar-refractivity contribution is 0.546. The molecule has 0 spiro atoms. The maximum Gasteiger partial charge on any atom is 0.173 e. The van der Waals surface area contributed by atoms with Gasteiger partial charge in [0, 0.05) is 24.2 Å². The highest BCUT2D eigenvalue weighted by Gasteiger charge is 2.64. The van der Waals surface area contributed by atoms with E-state index in [0.29, 0.717) is 9.45 Å². The van der Waals surface area contributed by atoms with Crippen molar-refractivity contribution in [3.8, 4) is 0 Å². The maximum atomic E-state index is 11.3. The van der Waals surface area contributed by atoms with E-state index in [9.17, 15) is 4.80 Å². The first-order chi connectivity index (χ1) is 7.60. The standard InChI is InChI=1S/C13H36OSi4/c1-12(2)15(14)13(16(3,4)5,17(6,7)8)18(9,10)11/h12,14-15H,1-11H3. The smallest absolute Gasteiger partial charge is 0.173 e. The molecule has 0 aliphatic carbocycles. The van der Waals surface area contributed by atoms with E-state index < -0.39 is 33.3 Å². The topological polar surface area (TPSA) is 20.2 Å².